The largest absolute Gasteiger partial charge is 0.426 e. The number of hydrogen-bond acceptors (Lipinski definition) is 4. The molecule has 0 spiro atoms. The monoisotopic (exact) mass is 404 g/mol. The summed E-state index contributed by atoms with van der Waals surface area (Å²) in [5.41, 5.74) is 9.45. The average Bonchev–Trinajstić information content (AvgIpc) is 2.75. The lowest BCUT2D eigenvalue weighted by molar-refractivity contribution is -0.687. The van der Waals surface area contributed by atoms with E-state index in [0.717, 1.165) is 33.2 Å². The highest BCUT2D eigenvalue weighted by Crippen LogP contribution is 2.50. The van der Waals surface area contributed by atoms with Crippen LogP contribution in [0.4, 0.5) is 5.82 Å². The molecule has 0 radical (unpaired) electrons. The third-order valence-electron chi connectivity index (χ3n) is 5.39. The Morgan fingerprint density at radius 2 is 1.83 bits per heavy atom. The standard InChI is InChI=1S/C23H18ClN3O2/c24-16-8-5-15(6-9-16)19-20-17-4-2-1-3-14(17)7-10-18(20)29-23-21(19)22(25)27(11-12-28)13-26-23/h1-10,13,19,25,28H,11-12H2/p+1/t19-/m1/s1. The van der Waals surface area contributed by atoms with Gasteiger partial charge in [-0.15, -0.1) is 0 Å². The number of nitrogens with two attached hydrogens (primary N) is 1. The number of hydrogen-bond donors (Lipinski definition) is 2. The summed E-state index contributed by atoms with van der Waals surface area (Å²) < 4.78 is 7.93. The zero-order valence-electron chi connectivity index (χ0n) is 15.5. The van der Waals surface area contributed by atoms with Crippen molar-refractivity contribution in [3.05, 3.63) is 88.7 Å². The van der Waals surface area contributed by atoms with Crippen molar-refractivity contribution in [1.82, 2.24) is 4.98 Å². The summed E-state index contributed by atoms with van der Waals surface area (Å²) in [6.45, 7) is 0.336. The van der Waals surface area contributed by atoms with E-state index in [4.69, 9.17) is 22.1 Å². The number of fused-ring (bicyclic) bond motifs is 4. The number of benzene rings is 3. The van der Waals surface area contributed by atoms with E-state index in [1.54, 1.807) is 10.9 Å². The molecule has 6 heteroatoms. The van der Waals surface area contributed by atoms with Gasteiger partial charge in [0.25, 0.3) is 0 Å². The van der Waals surface area contributed by atoms with Crippen LogP contribution >= 0.6 is 11.6 Å². The van der Waals surface area contributed by atoms with Gasteiger partial charge in [-0.3, -0.25) is 0 Å². The summed E-state index contributed by atoms with van der Waals surface area (Å²) in [5, 5.41) is 12.3. The molecule has 3 aromatic carbocycles. The van der Waals surface area contributed by atoms with Crippen LogP contribution in [0.3, 0.4) is 0 Å². The molecule has 4 aromatic rings. The van der Waals surface area contributed by atoms with Crippen molar-refractivity contribution in [2.75, 3.05) is 12.3 Å². The van der Waals surface area contributed by atoms with Crippen LogP contribution in [0.5, 0.6) is 11.6 Å². The average molecular weight is 405 g/mol. The summed E-state index contributed by atoms with van der Waals surface area (Å²) in [7, 11) is 0. The number of nitrogen functional groups attached to an aromatic ring is 1. The summed E-state index contributed by atoms with van der Waals surface area (Å²) in [6, 6.07) is 20.0. The molecule has 5 rings (SSSR count). The maximum atomic E-state index is 9.41. The Bertz CT molecular complexity index is 1220. The Labute approximate surface area is 173 Å². The van der Waals surface area contributed by atoms with E-state index in [2.05, 4.69) is 23.2 Å². The number of rotatable bonds is 3. The van der Waals surface area contributed by atoms with Crippen molar-refractivity contribution in [3.63, 3.8) is 0 Å². The van der Waals surface area contributed by atoms with Crippen molar-refractivity contribution in [2.45, 2.75) is 12.5 Å². The molecule has 1 aromatic heterocycles. The molecule has 0 saturated carbocycles. The number of ether oxygens (including phenoxy) is 1. The molecular formula is C23H19ClN3O2+. The Morgan fingerprint density at radius 3 is 2.62 bits per heavy atom. The number of aliphatic hydroxyl groups is 1. The van der Waals surface area contributed by atoms with Gasteiger partial charge in [0.15, 0.2) is 0 Å². The van der Waals surface area contributed by atoms with Crippen molar-refractivity contribution < 1.29 is 14.4 Å². The van der Waals surface area contributed by atoms with E-state index in [9.17, 15) is 5.11 Å². The van der Waals surface area contributed by atoms with Gasteiger partial charge in [0.1, 0.15) is 11.3 Å². The van der Waals surface area contributed by atoms with E-state index >= 15 is 0 Å². The van der Waals surface area contributed by atoms with Crippen LogP contribution in [0.1, 0.15) is 22.6 Å². The van der Waals surface area contributed by atoms with E-state index < -0.39 is 0 Å². The van der Waals surface area contributed by atoms with Crippen LogP contribution in [0.25, 0.3) is 10.8 Å². The van der Waals surface area contributed by atoms with Crippen LogP contribution in [-0.2, 0) is 6.54 Å². The van der Waals surface area contributed by atoms with Gasteiger partial charge in [-0.25, -0.2) is 4.57 Å². The molecule has 2 heterocycles. The second-order valence-electron chi connectivity index (χ2n) is 7.05. The predicted octanol–water partition coefficient (Wildman–Crippen LogP) is 4.04. The Morgan fingerprint density at radius 1 is 1.03 bits per heavy atom. The van der Waals surface area contributed by atoms with Crippen LogP contribution < -0.4 is 15.0 Å². The van der Waals surface area contributed by atoms with Crippen LogP contribution in [0.15, 0.2) is 67.0 Å². The molecule has 0 unspecified atom stereocenters. The summed E-state index contributed by atoms with van der Waals surface area (Å²) in [4.78, 5) is 4.49. The van der Waals surface area contributed by atoms with Crippen molar-refractivity contribution in [2.24, 2.45) is 0 Å². The molecule has 1 aliphatic rings. The fourth-order valence-electron chi connectivity index (χ4n) is 4.06. The number of nitrogens with zero attached hydrogens (tertiary/aromatic N) is 2. The van der Waals surface area contributed by atoms with Gasteiger partial charge >= 0.3 is 5.88 Å². The molecule has 5 nitrogen and oxygen atoms in total. The second kappa shape index (κ2) is 7.03. The number of aliphatic hydroxyl groups excluding tert-OH is 1. The number of aromatic nitrogens is 2. The molecule has 0 saturated heterocycles. The Balaban J connectivity index is 1.84. The van der Waals surface area contributed by atoms with E-state index in [1.165, 1.54) is 0 Å². The highest BCUT2D eigenvalue weighted by molar-refractivity contribution is 6.30. The third-order valence-corrected chi connectivity index (χ3v) is 5.64. The predicted molar refractivity (Wildman–Crippen MR) is 112 cm³/mol. The molecule has 1 atom stereocenters. The van der Waals surface area contributed by atoms with E-state index in [0.29, 0.717) is 23.3 Å². The zero-order chi connectivity index (χ0) is 20.0. The fraction of sp³-hybridized carbons (Fsp3) is 0.130. The number of anilines is 1. The second-order valence-corrected chi connectivity index (χ2v) is 7.49. The minimum atomic E-state index is -0.171. The summed E-state index contributed by atoms with van der Waals surface area (Å²) >= 11 is 6.15. The van der Waals surface area contributed by atoms with Crippen LogP contribution in [0, 0.1) is 0 Å². The molecule has 144 valence electrons. The maximum Gasteiger partial charge on any atom is 0.306 e. The molecule has 0 fully saturated rings. The van der Waals surface area contributed by atoms with E-state index in [-0.39, 0.29) is 12.5 Å². The van der Waals surface area contributed by atoms with Gasteiger partial charge in [0, 0.05) is 10.6 Å². The lowest BCUT2D eigenvalue weighted by Crippen LogP contribution is -2.41. The fourth-order valence-corrected chi connectivity index (χ4v) is 4.18. The normalized spacial score (nSPS) is 14.9. The first-order valence-corrected chi connectivity index (χ1v) is 9.79. The van der Waals surface area contributed by atoms with Gasteiger partial charge in [0.2, 0.25) is 12.1 Å². The minimum Gasteiger partial charge on any atom is -0.426 e. The SMILES string of the molecule is Nc1c2c(nc[n+]1CCO)Oc1ccc3ccccc3c1[C@H]2c1ccc(Cl)cc1. The maximum absolute atomic E-state index is 9.41. The molecular weight excluding hydrogens is 386 g/mol. The Hall–Kier alpha value is -3.15. The molecule has 3 N–H and O–H groups in total. The first-order chi connectivity index (χ1) is 14.2. The Kier molecular flexibility index (Phi) is 4.34. The zero-order valence-corrected chi connectivity index (χ0v) is 16.3. The van der Waals surface area contributed by atoms with Gasteiger partial charge in [-0.2, -0.15) is 0 Å². The van der Waals surface area contributed by atoms with Crippen LogP contribution in [0.2, 0.25) is 5.02 Å². The lowest BCUT2D eigenvalue weighted by Gasteiger charge is -2.28. The van der Waals surface area contributed by atoms with Gasteiger partial charge in [-0.05, 0) is 34.5 Å². The van der Waals surface area contributed by atoms with Crippen molar-refractivity contribution in [1.29, 1.82) is 0 Å². The third kappa shape index (κ3) is 2.90. The lowest BCUT2D eigenvalue weighted by atomic mass is 9.81. The quantitative estimate of drug-likeness (QED) is 0.445. The number of halogens is 1. The first kappa shape index (κ1) is 17.9. The summed E-state index contributed by atoms with van der Waals surface area (Å²) in [5.74, 6) is 1.61. The van der Waals surface area contributed by atoms with Gasteiger partial charge in [0.05, 0.1) is 19.1 Å². The highest BCUT2D eigenvalue weighted by atomic mass is 35.5. The molecule has 0 amide bonds. The smallest absolute Gasteiger partial charge is 0.306 e. The van der Waals surface area contributed by atoms with Crippen molar-refractivity contribution >= 4 is 28.2 Å². The highest BCUT2D eigenvalue weighted by Gasteiger charge is 2.37. The van der Waals surface area contributed by atoms with Gasteiger partial charge in [-0.1, -0.05) is 59.0 Å². The molecule has 0 aliphatic carbocycles. The van der Waals surface area contributed by atoms with Gasteiger partial charge < -0.3 is 15.6 Å². The summed E-state index contributed by atoms with van der Waals surface area (Å²) in [6.07, 6.45) is 1.61. The van der Waals surface area contributed by atoms with Crippen molar-refractivity contribution in [3.8, 4) is 11.6 Å². The van der Waals surface area contributed by atoms with Crippen LogP contribution in [-0.4, -0.2) is 16.7 Å². The minimum absolute atomic E-state index is 0.0265. The molecule has 29 heavy (non-hydrogen) atoms. The molecule has 1 aliphatic heterocycles. The first-order valence-electron chi connectivity index (χ1n) is 9.41. The van der Waals surface area contributed by atoms with E-state index in [1.807, 2.05) is 42.5 Å². The topological polar surface area (TPSA) is 72.2 Å². The molecule has 0 bridgehead atoms.